The maximum atomic E-state index is 13.6. The number of benzene rings is 1. The molecule has 5 rings (SSSR count). The van der Waals surface area contributed by atoms with Crippen LogP contribution in [0.5, 0.6) is 0 Å². The summed E-state index contributed by atoms with van der Waals surface area (Å²) in [6, 6.07) is 7.53. The van der Waals surface area contributed by atoms with Gasteiger partial charge in [0.1, 0.15) is 5.60 Å². The Balaban J connectivity index is 1.20. The lowest BCUT2D eigenvalue weighted by Crippen LogP contribution is -2.50. The maximum absolute atomic E-state index is 13.6. The van der Waals surface area contributed by atoms with Gasteiger partial charge in [-0.05, 0) is 58.6 Å². The van der Waals surface area contributed by atoms with E-state index in [4.69, 9.17) is 9.47 Å². The van der Waals surface area contributed by atoms with Gasteiger partial charge in [0.25, 0.3) is 11.8 Å². The molecule has 0 radical (unpaired) electrons. The van der Waals surface area contributed by atoms with Crippen molar-refractivity contribution in [2.24, 2.45) is 5.41 Å². The lowest BCUT2D eigenvalue weighted by atomic mass is 9.88. The minimum Gasteiger partial charge on any atom is -0.444 e. The first-order valence-electron chi connectivity index (χ1n) is 14.5. The zero-order valence-electron chi connectivity index (χ0n) is 24.8. The van der Waals surface area contributed by atoms with Crippen LogP contribution in [0, 0.1) is 5.41 Å². The van der Waals surface area contributed by atoms with E-state index in [-0.39, 0.29) is 35.4 Å². The van der Waals surface area contributed by atoms with Crippen LogP contribution < -0.4 is 0 Å². The molecule has 0 N–H and O–H groups in total. The molecule has 10 heteroatoms. The minimum absolute atomic E-state index is 0.0177. The third kappa shape index (κ3) is 6.86. The summed E-state index contributed by atoms with van der Waals surface area (Å²) in [4.78, 5) is 53.3. The molecular weight excluding hydrogens is 522 g/mol. The Hall–Kier alpha value is -3.53. The number of carbonyl (C=O) groups is 3. The number of carbonyl (C=O) groups excluding carboxylic acids is 3. The number of hydrogen-bond acceptors (Lipinski definition) is 7. The van der Waals surface area contributed by atoms with E-state index in [1.165, 1.54) is 0 Å². The van der Waals surface area contributed by atoms with Crippen LogP contribution in [0.15, 0.2) is 36.7 Å². The molecular formula is C31H41N5O5. The number of amides is 3. The molecule has 2 aliphatic heterocycles. The Kier molecular flexibility index (Phi) is 8.05. The van der Waals surface area contributed by atoms with E-state index >= 15 is 0 Å². The smallest absolute Gasteiger partial charge is 0.410 e. The van der Waals surface area contributed by atoms with E-state index in [0.717, 1.165) is 18.4 Å². The molecule has 0 bridgehead atoms. The summed E-state index contributed by atoms with van der Waals surface area (Å²) in [6.45, 7) is 10.8. The summed E-state index contributed by atoms with van der Waals surface area (Å²) in [5.41, 5.74) is 1.32. The molecule has 1 aromatic carbocycles. The summed E-state index contributed by atoms with van der Waals surface area (Å²) in [7, 11) is 1.81. The van der Waals surface area contributed by atoms with Crippen LogP contribution >= 0.6 is 0 Å². The van der Waals surface area contributed by atoms with Gasteiger partial charge in [-0.1, -0.05) is 19.1 Å². The van der Waals surface area contributed by atoms with Crippen molar-refractivity contribution in [3.63, 3.8) is 0 Å². The topological polar surface area (TPSA) is 105 Å². The van der Waals surface area contributed by atoms with Gasteiger partial charge in [0.05, 0.1) is 18.8 Å². The van der Waals surface area contributed by atoms with Gasteiger partial charge in [0.15, 0.2) is 5.82 Å². The Morgan fingerprint density at radius 2 is 1.54 bits per heavy atom. The highest BCUT2D eigenvalue weighted by Gasteiger charge is 2.40. The molecule has 0 spiro atoms. The monoisotopic (exact) mass is 563 g/mol. The van der Waals surface area contributed by atoms with Crippen LogP contribution in [0.2, 0.25) is 0 Å². The molecule has 3 heterocycles. The predicted octanol–water partition coefficient (Wildman–Crippen LogP) is 4.26. The second-order valence-corrected chi connectivity index (χ2v) is 13.0. The van der Waals surface area contributed by atoms with Crippen molar-refractivity contribution in [2.45, 2.75) is 71.1 Å². The van der Waals surface area contributed by atoms with Crippen LogP contribution in [-0.2, 0) is 9.47 Å². The highest BCUT2D eigenvalue weighted by atomic mass is 16.6. The normalized spacial score (nSPS) is 18.8. The number of hydrogen-bond donors (Lipinski definition) is 0. The Morgan fingerprint density at radius 1 is 0.951 bits per heavy atom. The standard InChI is InChI=1S/C31H41N5O5/c1-30(2,3)41-29(39)35-14-12-25(13-15-35)36(24-10-11-24)28(38)23-16-32-26(33-17-23)21-6-8-22(9-7-21)27(37)34(5)18-31(4)19-40-20-31/h6-9,16-17,24-25H,10-15,18-20H2,1-5H3. The van der Waals surface area contributed by atoms with E-state index in [1.54, 1.807) is 34.3 Å². The Bertz CT molecular complexity index is 1260. The first kappa shape index (κ1) is 29.0. The van der Waals surface area contributed by atoms with Gasteiger partial charge in [-0.3, -0.25) is 9.59 Å². The van der Waals surface area contributed by atoms with E-state index in [9.17, 15) is 14.4 Å². The van der Waals surface area contributed by atoms with E-state index in [0.29, 0.717) is 62.6 Å². The molecule has 1 aromatic heterocycles. The van der Waals surface area contributed by atoms with Crippen LogP contribution in [0.4, 0.5) is 4.79 Å². The first-order chi connectivity index (χ1) is 19.4. The number of rotatable bonds is 7. The van der Waals surface area contributed by atoms with Crippen molar-refractivity contribution >= 4 is 17.9 Å². The molecule has 1 aliphatic carbocycles. The lowest BCUT2D eigenvalue weighted by molar-refractivity contribution is -0.109. The van der Waals surface area contributed by atoms with Crippen molar-refractivity contribution in [2.75, 3.05) is 39.9 Å². The molecule has 10 nitrogen and oxygen atoms in total. The second-order valence-electron chi connectivity index (χ2n) is 13.0. The van der Waals surface area contributed by atoms with E-state index in [1.807, 2.05) is 44.9 Å². The Labute approximate surface area is 242 Å². The number of aromatic nitrogens is 2. The lowest BCUT2D eigenvalue weighted by Gasteiger charge is -2.40. The van der Waals surface area contributed by atoms with Gasteiger partial charge in [-0.15, -0.1) is 0 Å². The summed E-state index contributed by atoms with van der Waals surface area (Å²) in [5.74, 6) is 0.393. The fourth-order valence-corrected chi connectivity index (χ4v) is 5.54. The highest BCUT2D eigenvalue weighted by Crippen LogP contribution is 2.34. The van der Waals surface area contributed by atoms with Gasteiger partial charge in [0.2, 0.25) is 0 Å². The predicted molar refractivity (Wildman–Crippen MR) is 153 cm³/mol. The number of piperidine rings is 1. The second kappa shape index (κ2) is 11.4. The van der Waals surface area contributed by atoms with Gasteiger partial charge in [-0.2, -0.15) is 0 Å². The van der Waals surface area contributed by atoms with Crippen LogP contribution in [0.3, 0.4) is 0 Å². The van der Waals surface area contributed by atoms with Gasteiger partial charge in [-0.25, -0.2) is 14.8 Å². The first-order valence-corrected chi connectivity index (χ1v) is 14.5. The van der Waals surface area contributed by atoms with Crippen molar-refractivity contribution in [1.82, 2.24) is 24.7 Å². The largest absolute Gasteiger partial charge is 0.444 e. The molecule has 0 atom stereocenters. The summed E-state index contributed by atoms with van der Waals surface area (Å²) >= 11 is 0. The van der Waals surface area contributed by atoms with Crippen LogP contribution in [0.1, 0.15) is 74.1 Å². The zero-order valence-corrected chi connectivity index (χ0v) is 24.8. The molecule has 3 fully saturated rings. The molecule has 3 amide bonds. The van der Waals surface area contributed by atoms with Crippen LogP contribution in [-0.4, -0.2) is 100 Å². The summed E-state index contributed by atoms with van der Waals surface area (Å²) in [6.07, 6.45) is 6.29. The number of likely N-dealkylation sites (tertiary alicyclic amines) is 1. The number of nitrogens with zero attached hydrogens (tertiary/aromatic N) is 5. The third-order valence-corrected chi connectivity index (χ3v) is 7.84. The maximum Gasteiger partial charge on any atom is 0.410 e. The molecule has 0 unspecified atom stereocenters. The third-order valence-electron chi connectivity index (χ3n) is 7.84. The average molecular weight is 564 g/mol. The molecule has 3 aliphatic rings. The Morgan fingerprint density at radius 3 is 2.05 bits per heavy atom. The van der Waals surface area contributed by atoms with E-state index < -0.39 is 5.60 Å². The molecule has 2 saturated heterocycles. The highest BCUT2D eigenvalue weighted by molar-refractivity contribution is 5.95. The molecule has 2 aromatic rings. The fourth-order valence-electron chi connectivity index (χ4n) is 5.54. The minimum atomic E-state index is -0.532. The van der Waals surface area contributed by atoms with Gasteiger partial charge < -0.3 is 24.2 Å². The van der Waals surface area contributed by atoms with Crippen molar-refractivity contribution in [3.05, 3.63) is 47.8 Å². The average Bonchev–Trinajstić information content (AvgIpc) is 3.76. The molecule has 220 valence electrons. The quantitative estimate of drug-likeness (QED) is 0.496. The van der Waals surface area contributed by atoms with E-state index in [2.05, 4.69) is 16.9 Å². The summed E-state index contributed by atoms with van der Waals surface area (Å²) < 4.78 is 10.8. The molecule has 41 heavy (non-hydrogen) atoms. The van der Waals surface area contributed by atoms with Gasteiger partial charge >= 0.3 is 6.09 Å². The molecule has 1 saturated carbocycles. The van der Waals surface area contributed by atoms with Crippen molar-refractivity contribution in [3.8, 4) is 11.4 Å². The van der Waals surface area contributed by atoms with Crippen molar-refractivity contribution in [1.29, 1.82) is 0 Å². The van der Waals surface area contributed by atoms with Gasteiger partial charge in [0, 0.05) is 67.7 Å². The van der Waals surface area contributed by atoms with Crippen LogP contribution in [0.25, 0.3) is 11.4 Å². The fraction of sp³-hybridized carbons (Fsp3) is 0.581. The number of ether oxygens (including phenoxy) is 2. The zero-order chi connectivity index (χ0) is 29.4. The van der Waals surface area contributed by atoms with Crippen molar-refractivity contribution < 1.29 is 23.9 Å². The summed E-state index contributed by atoms with van der Waals surface area (Å²) in [5, 5.41) is 0. The SMILES string of the molecule is CN(CC1(C)COC1)C(=O)c1ccc(-c2ncc(C(=O)N(C3CC3)C3CCN(C(=O)OC(C)(C)C)CC3)cn2)cc1.